The largest absolute Gasteiger partial charge is 0.338 e. The smallest absolute Gasteiger partial charge is 0.315 e. The van der Waals surface area contributed by atoms with Crippen molar-refractivity contribution >= 4 is 22.0 Å². The maximum absolute atomic E-state index is 12.0. The zero-order valence-corrected chi connectivity index (χ0v) is 15.6. The first-order valence-electron chi connectivity index (χ1n) is 7.67. The molecule has 0 saturated carbocycles. The summed E-state index contributed by atoms with van der Waals surface area (Å²) in [6.07, 6.45) is 0.782. The molecule has 1 atom stereocenters. The normalized spacial score (nSPS) is 12.0. The van der Waals surface area contributed by atoms with E-state index in [9.17, 15) is 4.79 Å². The summed E-state index contributed by atoms with van der Waals surface area (Å²) in [4.78, 5) is 12.0. The molecule has 1 aromatic heterocycles. The summed E-state index contributed by atoms with van der Waals surface area (Å²) < 4.78 is 2.88. The third-order valence-electron chi connectivity index (χ3n) is 4.02. The molecule has 0 spiro atoms. The van der Waals surface area contributed by atoms with Gasteiger partial charge in [0.15, 0.2) is 0 Å². The summed E-state index contributed by atoms with van der Waals surface area (Å²) in [6, 6.07) is 7.73. The van der Waals surface area contributed by atoms with E-state index in [0.29, 0.717) is 6.54 Å². The fourth-order valence-electron chi connectivity index (χ4n) is 2.59. The Morgan fingerprint density at radius 3 is 2.74 bits per heavy atom. The van der Waals surface area contributed by atoms with E-state index in [-0.39, 0.29) is 12.1 Å². The molecule has 0 aliphatic carbocycles. The Labute approximate surface area is 145 Å². The molecule has 2 N–H and O–H groups in total. The highest BCUT2D eigenvalue weighted by molar-refractivity contribution is 9.10. The van der Waals surface area contributed by atoms with Gasteiger partial charge in [-0.2, -0.15) is 5.10 Å². The van der Waals surface area contributed by atoms with Crippen molar-refractivity contribution in [2.75, 3.05) is 6.54 Å². The Hall–Kier alpha value is -1.82. The molecule has 0 saturated heterocycles. The van der Waals surface area contributed by atoms with Crippen molar-refractivity contribution in [3.05, 3.63) is 51.3 Å². The number of halogens is 1. The van der Waals surface area contributed by atoms with E-state index >= 15 is 0 Å². The molecular weight excluding hydrogens is 356 g/mol. The number of amides is 2. The monoisotopic (exact) mass is 378 g/mol. The number of benzene rings is 1. The van der Waals surface area contributed by atoms with Gasteiger partial charge in [-0.25, -0.2) is 4.79 Å². The molecule has 5 nitrogen and oxygen atoms in total. The maximum atomic E-state index is 12.0. The van der Waals surface area contributed by atoms with Gasteiger partial charge in [0.05, 0.1) is 11.7 Å². The predicted octanol–water partition coefficient (Wildman–Crippen LogP) is 3.40. The first kappa shape index (κ1) is 17.5. The van der Waals surface area contributed by atoms with Crippen LogP contribution in [0.25, 0.3) is 0 Å². The molecule has 0 aliphatic heterocycles. The molecule has 124 valence electrons. The molecule has 6 heteroatoms. The molecule has 23 heavy (non-hydrogen) atoms. The van der Waals surface area contributed by atoms with E-state index in [0.717, 1.165) is 27.8 Å². The highest BCUT2D eigenvalue weighted by Crippen LogP contribution is 2.17. The summed E-state index contributed by atoms with van der Waals surface area (Å²) in [5.74, 6) is 0. The number of carbonyl (C=O) groups is 1. The maximum Gasteiger partial charge on any atom is 0.315 e. The van der Waals surface area contributed by atoms with Crippen LogP contribution in [0, 0.1) is 13.8 Å². The van der Waals surface area contributed by atoms with E-state index in [1.54, 1.807) is 0 Å². The first-order chi connectivity index (χ1) is 10.9. The van der Waals surface area contributed by atoms with Gasteiger partial charge in [-0.3, -0.25) is 4.68 Å². The van der Waals surface area contributed by atoms with Crippen molar-refractivity contribution in [2.24, 2.45) is 7.05 Å². The van der Waals surface area contributed by atoms with E-state index < -0.39 is 0 Å². The molecule has 0 bridgehead atoms. The van der Waals surface area contributed by atoms with Gasteiger partial charge in [0.1, 0.15) is 0 Å². The van der Waals surface area contributed by atoms with Gasteiger partial charge in [0.2, 0.25) is 0 Å². The molecule has 0 radical (unpaired) electrons. The zero-order chi connectivity index (χ0) is 17.0. The van der Waals surface area contributed by atoms with Crippen LogP contribution in [0.1, 0.15) is 35.5 Å². The fourth-order valence-corrected chi connectivity index (χ4v) is 3.00. The molecule has 2 amide bonds. The zero-order valence-electron chi connectivity index (χ0n) is 14.0. The SMILES string of the molecule is Cc1nn(C)c(C)c1CCNC(=O)NC(C)c1cccc(Br)c1. The number of aromatic nitrogens is 2. The second-order valence-electron chi connectivity index (χ2n) is 5.70. The minimum atomic E-state index is -0.156. The number of hydrogen-bond acceptors (Lipinski definition) is 2. The van der Waals surface area contributed by atoms with Crippen LogP contribution in [0.5, 0.6) is 0 Å². The van der Waals surface area contributed by atoms with Gasteiger partial charge < -0.3 is 10.6 Å². The van der Waals surface area contributed by atoms with Crippen LogP contribution in [0.15, 0.2) is 28.7 Å². The number of rotatable bonds is 5. The highest BCUT2D eigenvalue weighted by Gasteiger charge is 2.11. The Bertz CT molecular complexity index is 696. The lowest BCUT2D eigenvalue weighted by atomic mass is 10.1. The summed E-state index contributed by atoms with van der Waals surface area (Å²) in [5.41, 5.74) is 4.43. The van der Waals surface area contributed by atoms with Gasteiger partial charge in [-0.05, 0) is 50.5 Å². The Morgan fingerprint density at radius 2 is 2.13 bits per heavy atom. The summed E-state index contributed by atoms with van der Waals surface area (Å²) in [6.45, 7) is 6.60. The van der Waals surface area contributed by atoms with Gasteiger partial charge in [0.25, 0.3) is 0 Å². The van der Waals surface area contributed by atoms with Crippen LogP contribution in [-0.2, 0) is 13.5 Å². The number of urea groups is 1. The number of aryl methyl sites for hydroxylation is 2. The quantitative estimate of drug-likeness (QED) is 0.837. The molecule has 0 fully saturated rings. The van der Waals surface area contributed by atoms with Crippen molar-refractivity contribution in [1.82, 2.24) is 20.4 Å². The minimum absolute atomic E-state index is 0.0469. The third kappa shape index (κ3) is 4.58. The molecule has 1 aromatic carbocycles. The number of nitrogens with one attached hydrogen (secondary N) is 2. The number of hydrogen-bond donors (Lipinski definition) is 2. The third-order valence-corrected chi connectivity index (χ3v) is 4.51. The van der Waals surface area contributed by atoms with Crippen LogP contribution in [-0.4, -0.2) is 22.4 Å². The minimum Gasteiger partial charge on any atom is -0.338 e. The molecule has 2 aromatic rings. The van der Waals surface area contributed by atoms with Crippen LogP contribution >= 0.6 is 15.9 Å². The highest BCUT2D eigenvalue weighted by atomic mass is 79.9. The topological polar surface area (TPSA) is 59.0 Å². The van der Waals surface area contributed by atoms with Crippen molar-refractivity contribution in [3.8, 4) is 0 Å². The van der Waals surface area contributed by atoms with Crippen molar-refractivity contribution < 1.29 is 4.79 Å². The summed E-state index contributed by atoms with van der Waals surface area (Å²) in [7, 11) is 1.94. The van der Waals surface area contributed by atoms with E-state index in [4.69, 9.17) is 0 Å². The fraction of sp³-hybridized carbons (Fsp3) is 0.412. The predicted molar refractivity (Wildman–Crippen MR) is 95.5 cm³/mol. The van der Waals surface area contributed by atoms with E-state index in [2.05, 4.69) is 31.7 Å². The molecular formula is C17H23BrN4O. The molecule has 1 heterocycles. The summed E-state index contributed by atoms with van der Waals surface area (Å²) in [5, 5.41) is 10.3. The standard InChI is InChI=1S/C17H23BrN4O/c1-11(14-6-5-7-15(18)10-14)20-17(23)19-9-8-16-12(2)21-22(4)13(16)3/h5-7,10-11H,8-9H2,1-4H3,(H2,19,20,23). The number of carbonyl (C=O) groups excluding carboxylic acids is 1. The lowest BCUT2D eigenvalue weighted by molar-refractivity contribution is 0.238. The lowest BCUT2D eigenvalue weighted by Crippen LogP contribution is -2.38. The second-order valence-corrected chi connectivity index (χ2v) is 6.62. The molecule has 1 unspecified atom stereocenters. The van der Waals surface area contributed by atoms with Gasteiger partial charge in [-0.1, -0.05) is 28.1 Å². The number of nitrogens with zero attached hydrogens (tertiary/aromatic N) is 2. The van der Waals surface area contributed by atoms with Crippen LogP contribution in [0.4, 0.5) is 4.79 Å². The average molecular weight is 379 g/mol. The van der Waals surface area contributed by atoms with Crippen molar-refractivity contribution in [1.29, 1.82) is 0 Å². The van der Waals surface area contributed by atoms with Crippen molar-refractivity contribution in [2.45, 2.75) is 33.2 Å². The summed E-state index contributed by atoms with van der Waals surface area (Å²) >= 11 is 3.44. The average Bonchev–Trinajstić information content (AvgIpc) is 2.73. The van der Waals surface area contributed by atoms with Gasteiger partial charge >= 0.3 is 6.03 Å². The first-order valence-corrected chi connectivity index (χ1v) is 8.46. The van der Waals surface area contributed by atoms with Crippen LogP contribution < -0.4 is 10.6 Å². The lowest BCUT2D eigenvalue weighted by Gasteiger charge is -2.15. The molecule has 0 aliphatic rings. The second kappa shape index (κ2) is 7.64. The van der Waals surface area contributed by atoms with Crippen LogP contribution in [0.2, 0.25) is 0 Å². The Balaban J connectivity index is 1.83. The molecule has 2 rings (SSSR count). The van der Waals surface area contributed by atoms with Crippen molar-refractivity contribution in [3.63, 3.8) is 0 Å². The van der Waals surface area contributed by atoms with E-state index in [1.807, 2.05) is 56.8 Å². The van der Waals surface area contributed by atoms with Gasteiger partial charge in [0, 0.05) is 23.8 Å². The van der Waals surface area contributed by atoms with E-state index in [1.165, 1.54) is 5.56 Å². The van der Waals surface area contributed by atoms with Crippen LogP contribution in [0.3, 0.4) is 0 Å². The van der Waals surface area contributed by atoms with Gasteiger partial charge in [-0.15, -0.1) is 0 Å². The Kier molecular flexibility index (Phi) is 5.82. The Morgan fingerprint density at radius 1 is 1.39 bits per heavy atom.